The molecule has 4 rings (SSSR count). The van der Waals surface area contributed by atoms with Crippen molar-refractivity contribution in [2.75, 3.05) is 12.4 Å². The maximum absolute atomic E-state index is 14.0. The molecule has 2 aromatic heterocycles. The van der Waals surface area contributed by atoms with E-state index in [0.29, 0.717) is 37.9 Å². The van der Waals surface area contributed by atoms with Crippen molar-refractivity contribution in [3.8, 4) is 5.75 Å². The highest BCUT2D eigenvalue weighted by Crippen LogP contribution is 2.37. The monoisotopic (exact) mass is 430 g/mol. The van der Waals surface area contributed by atoms with Gasteiger partial charge < -0.3 is 20.5 Å². The summed E-state index contributed by atoms with van der Waals surface area (Å²) in [4.78, 5) is 21.4. The molecule has 1 aliphatic rings. The van der Waals surface area contributed by atoms with Crippen molar-refractivity contribution >= 4 is 39.0 Å². The number of hydrogen-bond acceptors (Lipinski definition) is 7. The Kier molecular flexibility index (Phi) is 5.83. The third-order valence-electron chi connectivity index (χ3n) is 5.35. The number of anilines is 2. The molecule has 9 heteroatoms. The van der Waals surface area contributed by atoms with Crippen LogP contribution in [0.1, 0.15) is 40.9 Å². The number of fused-ring (bicyclic) bond motifs is 1. The fourth-order valence-corrected chi connectivity index (χ4v) is 4.83. The smallest absolute Gasteiger partial charge is 0.259 e. The van der Waals surface area contributed by atoms with Gasteiger partial charge in [-0.2, -0.15) is 0 Å². The zero-order valence-corrected chi connectivity index (χ0v) is 17.6. The lowest BCUT2D eigenvalue weighted by molar-refractivity contribution is 0.0211. The summed E-state index contributed by atoms with van der Waals surface area (Å²) in [6.45, 7) is 1.81. The van der Waals surface area contributed by atoms with Crippen LogP contribution in [-0.4, -0.2) is 35.2 Å². The number of halogens is 1. The molecule has 2 heterocycles. The molecule has 0 unspecified atom stereocenters. The molecule has 1 amide bonds. The van der Waals surface area contributed by atoms with E-state index in [1.807, 2.05) is 6.92 Å². The minimum Gasteiger partial charge on any atom is -0.488 e. The third-order valence-corrected chi connectivity index (χ3v) is 6.57. The number of nitrogens with zero attached hydrogens (tertiary/aromatic N) is 2. The molecular formula is C21H23FN4O3S. The largest absolute Gasteiger partial charge is 0.488 e. The number of aromatic nitrogens is 2. The van der Waals surface area contributed by atoms with E-state index in [1.54, 1.807) is 13.2 Å². The van der Waals surface area contributed by atoms with Crippen molar-refractivity contribution in [1.29, 1.82) is 0 Å². The number of carbonyl (C=O) groups excluding carboxylic acids is 1. The zero-order valence-electron chi connectivity index (χ0n) is 16.8. The molecule has 0 radical (unpaired) electrons. The second-order valence-corrected chi connectivity index (χ2v) is 8.35. The summed E-state index contributed by atoms with van der Waals surface area (Å²) in [5.74, 6) is 0.0325. The van der Waals surface area contributed by atoms with E-state index in [4.69, 9.17) is 15.2 Å². The van der Waals surface area contributed by atoms with Crippen LogP contribution in [0.15, 0.2) is 24.5 Å². The number of rotatable bonds is 6. The normalized spacial score (nSPS) is 19.0. The molecule has 3 N–H and O–H groups in total. The Morgan fingerprint density at radius 2 is 2.10 bits per heavy atom. The first-order valence-electron chi connectivity index (χ1n) is 9.76. The van der Waals surface area contributed by atoms with Crippen LogP contribution in [0.25, 0.3) is 10.2 Å². The average Bonchev–Trinajstić information content (AvgIpc) is 3.08. The second-order valence-electron chi connectivity index (χ2n) is 7.35. The van der Waals surface area contributed by atoms with Gasteiger partial charge in [-0.05, 0) is 43.9 Å². The van der Waals surface area contributed by atoms with Gasteiger partial charge in [-0.3, -0.25) is 4.79 Å². The van der Waals surface area contributed by atoms with Gasteiger partial charge >= 0.3 is 0 Å². The van der Waals surface area contributed by atoms with Gasteiger partial charge in [0.25, 0.3) is 5.91 Å². The molecule has 7 nitrogen and oxygen atoms in total. The van der Waals surface area contributed by atoms with Crippen molar-refractivity contribution in [3.63, 3.8) is 0 Å². The lowest BCUT2D eigenvalue weighted by atomic mass is 9.95. The highest BCUT2D eigenvalue weighted by atomic mass is 32.1. The van der Waals surface area contributed by atoms with E-state index >= 15 is 0 Å². The summed E-state index contributed by atoms with van der Waals surface area (Å²) in [5, 5.41) is 3.94. The molecule has 2 atom stereocenters. The highest BCUT2D eigenvalue weighted by molar-refractivity contribution is 7.20. The molecule has 0 spiro atoms. The number of thiophene rings is 1. The van der Waals surface area contributed by atoms with Crippen LogP contribution < -0.4 is 15.8 Å². The van der Waals surface area contributed by atoms with Gasteiger partial charge in [-0.15, -0.1) is 11.3 Å². The van der Waals surface area contributed by atoms with Gasteiger partial charge in [0.1, 0.15) is 34.6 Å². The summed E-state index contributed by atoms with van der Waals surface area (Å²) < 4.78 is 25.6. The Bertz CT molecular complexity index is 1090. The number of hydrogen-bond donors (Lipinski definition) is 2. The number of nitrogens with two attached hydrogens (primary N) is 1. The van der Waals surface area contributed by atoms with Crippen molar-refractivity contribution in [2.24, 2.45) is 5.73 Å². The second kappa shape index (κ2) is 8.53. The van der Waals surface area contributed by atoms with Crippen molar-refractivity contribution in [1.82, 2.24) is 9.97 Å². The fraction of sp³-hybridized carbons (Fsp3) is 0.381. The lowest BCUT2D eigenvalue weighted by Gasteiger charge is -2.29. The van der Waals surface area contributed by atoms with Gasteiger partial charge in [0.2, 0.25) is 0 Å². The molecule has 3 aromatic rings. The number of amides is 1. The van der Waals surface area contributed by atoms with Gasteiger partial charge in [0, 0.05) is 19.6 Å². The summed E-state index contributed by atoms with van der Waals surface area (Å²) in [7, 11) is 1.70. The quantitative estimate of drug-likeness (QED) is 0.604. The number of primary amides is 1. The predicted octanol–water partition coefficient (Wildman–Crippen LogP) is 4.32. The molecule has 158 valence electrons. The Morgan fingerprint density at radius 1 is 1.30 bits per heavy atom. The van der Waals surface area contributed by atoms with Crippen LogP contribution in [0.5, 0.6) is 5.75 Å². The SMILES string of the molecule is CO[C@H]1CCC[C@@H](Oc2cc(F)ccc2Nc2ncnc3sc(C(N)=O)c(C)c23)C1. The Hall–Kier alpha value is -2.78. The predicted molar refractivity (Wildman–Crippen MR) is 114 cm³/mol. The van der Waals surface area contributed by atoms with Gasteiger partial charge in [-0.25, -0.2) is 14.4 Å². The average molecular weight is 431 g/mol. The number of carbonyl (C=O) groups is 1. The van der Waals surface area contributed by atoms with Crippen LogP contribution >= 0.6 is 11.3 Å². The number of ether oxygens (including phenoxy) is 2. The van der Waals surface area contributed by atoms with Gasteiger partial charge in [0.15, 0.2) is 0 Å². The van der Waals surface area contributed by atoms with Crippen LogP contribution in [-0.2, 0) is 4.74 Å². The lowest BCUT2D eigenvalue weighted by Crippen LogP contribution is -2.29. The first-order valence-corrected chi connectivity index (χ1v) is 10.6. The molecule has 30 heavy (non-hydrogen) atoms. The molecule has 0 bridgehead atoms. The Labute approximate surface area is 177 Å². The standard InChI is InChI=1S/C21H23FN4O3S/c1-11-17-20(24-10-25-21(17)30-18(11)19(23)27)26-15-7-6-12(22)8-16(15)29-14-5-3-4-13(9-14)28-2/h6-8,10,13-14H,3-5,9H2,1-2H3,(H2,23,27)(H,24,25,26)/t13-,14+/m0/s1. The molecular weight excluding hydrogens is 407 g/mol. The van der Waals surface area contributed by atoms with E-state index in [1.165, 1.54) is 29.8 Å². The minimum absolute atomic E-state index is 0.0548. The fourth-order valence-electron chi connectivity index (χ4n) is 3.83. The van der Waals surface area contributed by atoms with Crippen molar-refractivity contribution in [2.45, 2.75) is 44.8 Å². The zero-order chi connectivity index (χ0) is 21.3. The summed E-state index contributed by atoms with van der Waals surface area (Å²) >= 11 is 1.22. The van der Waals surface area contributed by atoms with E-state index < -0.39 is 5.91 Å². The first kappa shape index (κ1) is 20.5. The van der Waals surface area contributed by atoms with Crippen LogP contribution in [0.4, 0.5) is 15.9 Å². The third kappa shape index (κ3) is 4.08. The van der Waals surface area contributed by atoms with E-state index in [9.17, 15) is 9.18 Å². The number of benzene rings is 1. The molecule has 1 fully saturated rings. The van der Waals surface area contributed by atoms with Crippen molar-refractivity contribution < 1.29 is 18.7 Å². The van der Waals surface area contributed by atoms with Crippen LogP contribution in [0, 0.1) is 12.7 Å². The van der Waals surface area contributed by atoms with Crippen LogP contribution in [0.3, 0.4) is 0 Å². The summed E-state index contributed by atoms with van der Waals surface area (Å²) in [5.41, 5.74) is 6.78. The maximum Gasteiger partial charge on any atom is 0.259 e. The number of methoxy groups -OCH3 is 1. The molecule has 1 aliphatic carbocycles. The van der Waals surface area contributed by atoms with E-state index in [0.717, 1.165) is 25.7 Å². The van der Waals surface area contributed by atoms with Gasteiger partial charge in [0.05, 0.1) is 22.1 Å². The topological polar surface area (TPSA) is 99.4 Å². The minimum atomic E-state index is -0.503. The number of nitrogens with one attached hydrogen (secondary N) is 1. The summed E-state index contributed by atoms with van der Waals surface area (Å²) in [6, 6.07) is 4.35. The Morgan fingerprint density at radius 3 is 2.87 bits per heavy atom. The highest BCUT2D eigenvalue weighted by Gasteiger charge is 2.24. The molecule has 1 saturated carbocycles. The van der Waals surface area contributed by atoms with E-state index in [2.05, 4.69) is 15.3 Å². The Balaban J connectivity index is 1.66. The summed E-state index contributed by atoms with van der Waals surface area (Å²) in [6.07, 6.45) is 5.16. The number of aryl methyl sites for hydroxylation is 1. The van der Waals surface area contributed by atoms with Gasteiger partial charge in [-0.1, -0.05) is 0 Å². The first-order chi connectivity index (χ1) is 14.5. The molecule has 0 saturated heterocycles. The van der Waals surface area contributed by atoms with Crippen LogP contribution in [0.2, 0.25) is 0 Å². The van der Waals surface area contributed by atoms with E-state index in [-0.39, 0.29) is 18.0 Å². The molecule has 1 aromatic carbocycles. The molecule has 0 aliphatic heterocycles. The van der Waals surface area contributed by atoms with Crippen molar-refractivity contribution in [3.05, 3.63) is 40.8 Å². The maximum atomic E-state index is 14.0.